The van der Waals surface area contributed by atoms with Crippen molar-refractivity contribution in [1.82, 2.24) is 0 Å². The van der Waals surface area contributed by atoms with Gasteiger partial charge in [-0.25, -0.2) is 8.98 Å². The molecule has 0 atom stereocenters. The maximum absolute atomic E-state index is 11.2. The molecule has 0 saturated heterocycles. The number of hydrogen-bond acceptors (Lipinski definition) is 6. The van der Waals surface area contributed by atoms with Gasteiger partial charge in [0.25, 0.3) is 0 Å². The van der Waals surface area contributed by atoms with Gasteiger partial charge in [0.2, 0.25) is 0 Å². The largest absolute Gasteiger partial charge is 0.461 e. The number of rotatable bonds is 6. The molecule has 0 bridgehead atoms. The van der Waals surface area contributed by atoms with Gasteiger partial charge in [-0.15, -0.1) is 11.3 Å². The Bertz CT molecular complexity index is 421. The first kappa shape index (κ1) is 13.1. The van der Waals surface area contributed by atoms with Crippen molar-refractivity contribution in [2.45, 2.75) is 6.42 Å². The lowest BCUT2D eigenvalue weighted by Crippen LogP contribution is -2.09. The average molecular weight is 266 g/mol. The van der Waals surface area contributed by atoms with E-state index in [4.69, 9.17) is 9.29 Å². The highest BCUT2D eigenvalue weighted by atomic mass is 32.3. The number of hydrogen-bond donors (Lipinski definition) is 1. The first-order chi connectivity index (χ1) is 7.49. The summed E-state index contributed by atoms with van der Waals surface area (Å²) in [4.78, 5) is 11.7. The van der Waals surface area contributed by atoms with Crippen molar-refractivity contribution in [3.63, 3.8) is 0 Å². The van der Waals surface area contributed by atoms with Crippen LogP contribution < -0.4 is 0 Å². The van der Waals surface area contributed by atoms with Crippen LogP contribution in [0.3, 0.4) is 0 Å². The van der Waals surface area contributed by atoms with Crippen LogP contribution in [0.2, 0.25) is 0 Å². The average Bonchev–Trinajstić information content (AvgIpc) is 2.67. The van der Waals surface area contributed by atoms with E-state index >= 15 is 0 Å². The van der Waals surface area contributed by atoms with Gasteiger partial charge in [-0.05, 0) is 11.4 Å². The molecule has 1 heterocycles. The molecule has 0 aliphatic carbocycles. The Kier molecular flexibility index (Phi) is 4.87. The first-order valence-corrected chi connectivity index (χ1v) is 6.56. The van der Waals surface area contributed by atoms with Gasteiger partial charge in [-0.1, -0.05) is 6.07 Å². The Morgan fingerprint density at radius 3 is 2.75 bits per heavy atom. The van der Waals surface area contributed by atoms with Crippen LogP contribution in [0.15, 0.2) is 17.5 Å². The van der Waals surface area contributed by atoms with Gasteiger partial charge in [-0.2, -0.15) is 8.42 Å². The molecule has 0 aliphatic rings. The minimum atomic E-state index is -4.41. The third-order valence-electron chi connectivity index (χ3n) is 1.48. The predicted molar refractivity (Wildman–Crippen MR) is 56.7 cm³/mol. The molecule has 8 heteroatoms. The summed E-state index contributed by atoms with van der Waals surface area (Å²) in [6.45, 7) is -0.192. The van der Waals surface area contributed by atoms with Gasteiger partial charge in [-0.3, -0.25) is 4.55 Å². The van der Waals surface area contributed by atoms with Gasteiger partial charge < -0.3 is 4.74 Å². The van der Waals surface area contributed by atoms with Gasteiger partial charge >= 0.3 is 16.4 Å². The van der Waals surface area contributed by atoms with Crippen LogP contribution in [0, 0.1) is 0 Å². The van der Waals surface area contributed by atoms with Gasteiger partial charge in [0, 0.05) is 6.42 Å². The van der Waals surface area contributed by atoms with Crippen molar-refractivity contribution in [3.05, 3.63) is 22.4 Å². The predicted octanol–water partition coefficient (Wildman–Crippen LogP) is 1.11. The fourth-order valence-electron chi connectivity index (χ4n) is 0.854. The molecule has 0 fully saturated rings. The van der Waals surface area contributed by atoms with Crippen LogP contribution in [0.1, 0.15) is 16.1 Å². The molecule has 0 aliphatic heterocycles. The molecular weight excluding hydrogens is 256 g/mol. The summed E-state index contributed by atoms with van der Waals surface area (Å²) in [5.41, 5.74) is 0. The summed E-state index contributed by atoms with van der Waals surface area (Å²) in [7, 11) is -4.41. The number of carbonyl (C=O) groups excluding carboxylic acids is 1. The van der Waals surface area contributed by atoms with Crippen LogP contribution in [-0.2, 0) is 19.3 Å². The Morgan fingerprint density at radius 1 is 1.44 bits per heavy atom. The molecule has 6 nitrogen and oxygen atoms in total. The smallest absolute Gasteiger partial charge is 0.397 e. The van der Waals surface area contributed by atoms with E-state index in [0.29, 0.717) is 4.88 Å². The number of thiophene rings is 1. The molecule has 1 aromatic heterocycles. The van der Waals surface area contributed by atoms with E-state index in [1.54, 1.807) is 17.5 Å². The molecule has 0 saturated carbocycles. The monoisotopic (exact) mass is 266 g/mol. The second-order valence-corrected chi connectivity index (χ2v) is 4.76. The quantitative estimate of drug-likeness (QED) is 0.471. The first-order valence-electron chi connectivity index (χ1n) is 4.31. The van der Waals surface area contributed by atoms with Crippen LogP contribution in [-0.4, -0.2) is 32.2 Å². The molecule has 16 heavy (non-hydrogen) atoms. The van der Waals surface area contributed by atoms with Gasteiger partial charge in [0.15, 0.2) is 0 Å². The highest BCUT2D eigenvalue weighted by Gasteiger charge is 2.08. The minimum absolute atomic E-state index is 0.0340. The van der Waals surface area contributed by atoms with Crippen LogP contribution in [0.4, 0.5) is 0 Å². The lowest BCUT2D eigenvalue weighted by atomic mass is 10.4. The maximum Gasteiger partial charge on any atom is 0.397 e. The number of esters is 1. The third kappa shape index (κ3) is 5.21. The number of ether oxygens (including phenoxy) is 1. The van der Waals surface area contributed by atoms with E-state index < -0.39 is 16.4 Å². The Labute approximate surface area is 96.8 Å². The fourth-order valence-corrected chi connectivity index (χ4v) is 1.80. The molecule has 1 aromatic rings. The van der Waals surface area contributed by atoms with E-state index in [0.717, 1.165) is 0 Å². The molecule has 0 amide bonds. The summed E-state index contributed by atoms with van der Waals surface area (Å²) >= 11 is 1.26. The minimum Gasteiger partial charge on any atom is -0.461 e. The molecule has 90 valence electrons. The zero-order valence-electron chi connectivity index (χ0n) is 8.16. The van der Waals surface area contributed by atoms with E-state index in [2.05, 4.69) is 4.18 Å². The van der Waals surface area contributed by atoms with Crippen molar-refractivity contribution >= 4 is 27.7 Å². The Hall–Kier alpha value is -0.960. The van der Waals surface area contributed by atoms with Crippen molar-refractivity contribution in [2.24, 2.45) is 0 Å². The van der Waals surface area contributed by atoms with Crippen molar-refractivity contribution in [3.8, 4) is 0 Å². The molecule has 0 aromatic carbocycles. The van der Waals surface area contributed by atoms with Crippen LogP contribution >= 0.6 is 11.3 Å². The number of carbonyl (C=O) groups is 1. The molecule has 1 N–H and O–H groups in total. The molecule has 0 unspecified atom stereocenters. The highest BCUT2D eigenvalue weighted by Crippen LogP contribution is 2.09. The second-order valence-electron chi connectivity index (χ2n) is 2.72. The lowest BCUT2D eigenvalue weighted by molar-refractivity contribution is 0.0492. The summed E-state index contributed by atoms with van der Waals surface area (Å²) < 4.78 is 37.4. The van der Waals surface area contributed by atoms with E-state index in [1.165, 1.54) is 11.3 Å². The summed E-state index contributed by atoms with van der Waals surface area (Å²) in [5, 5.41) is 1.75. The summed E-state index contributed by atoms with van der Waals surface area (Å²) in [5.74, 6) is -0.457. The standard InChI is InChI=1S/C8H10O6S2/c9-8(7-3-1-6-15-7)13-4-2-5-14-16(10,11)12/h1,3,6H,2,4-5H2,(H,10,11,12). The van der Waals surface area contributed by atoms with Crippen molar-refractivity contribution in [1.29, 1.82) is 0 Å². The van der Waals surface area contributed by atoms with Crippen molar-refractivity contribution in [2.75, 3.05) is 13.2 Å². The van der Waals surface area contributed by atoms with Crippen LogP contribution in [0.25, 0.3) is 0 Å². The zero-order chi connectivity index (χ0) is 12.0. The highest BCUT2D eigenvalue weighted by molar-refractivity contribution is 7.80. The zero-order valence-corrected chi connectivity index (χ0v) is 9.79. The van der Waals surface area contributed by atoms with E-state index in [-0.39, 0.29) is 19.6 Å². The molecule has 1 rings (SSSR count). The second kappa shape index (κ2) is 5.94. The third-order valence-corrected chi connectivity index (χ3v) is 2.79. The van der Waals surface area contributed by atoms with Gasteiger partial charge in [0.05, 0.1) is 13.2 Å². The Balaban J connectivity index is 2.15. The maximum atomic E-state index is 11.2. The Morgan fingerprint density at radius 2 is 2.19 bits per heavy atom. The SMILES string of the molecule is O=C(OCCCOS(=O)(=O)O)c1cccs1. The van der Waals surface area contributed by atoms with Crippen LogP contribution in [0.5, 0.6) is 0 Å². The van der Waals surface area contributed by atoms with Gasteiger partial charge in [0.1, 0.15) is 4.88 Å². The molecule has 0 radical (unpaired) electrons. The fraction of sp³-hybridized carbons (Fsp3) is 0.375. The molecule has 0 spiro atoms. The van der Waals surface area contributed by atoms with Crippen molar-refractivity contribution < 1.29 is 26.7 Å². The van der Waals surface area contributed by atoms with E-state index in [9.17, 15) is 13.2 Å². The summed E-state index contributed by atoms with van der Waals surface area (Å²) in [6.07, 6.45) is 0.191. The lowest BCUT2D eigenvalue weighted by Gasteiger charge is -2.02. The normalized spacial score (nSPS) is 11.3. The topological polar surface area (TPSA) is 89.9 Å². The van der Waals surface area contributed by atoms with E-state index in [1.807, 2.05) is 0 Å². The summed E-state index contributed by atoms with van der Waals surface area (Å²) in [6, 6.07) is 3.35. The molecular formula is C8H10O6S2.